The van der Waals surface area contributed by atoms with Crippen molar-refractivity contribution in [1.29, 1.82) is 0 Å². The monoisotopic (exact) mass is 242 g/mol. The minimum Gasteiger partial charge on any atom is -0.379 e. The van der Waals surface area contributed by atoms with Crippen LogP contribution >= 0.6 is 11.3 Å². The molecular formula is C12H22N2OS. The van der Waals surface area contributed by atoms with Crippen molar-refractivity contribution in [2.24, 2.45) is 0 Å². The summed E-state index contributed by atoms with van der Waals surface area (Å²) >= 11 is 1.72. The summed E-state index contributed by atoms with van der Waals surface area (Å²) in [7, 11) is 1.76. The average molecular weight is 242 g/mol. The highest BCUT2D eigenvalue weighted by molar-refractivity contribution is 7.09. The van der Waals surface area contributed by atoms with Crippen molar-refractivity contribution in [3.63, 3.8) is 0 Å². The first kappa shape index (κ1) is 13.6. The molecule has 4 heteroatoms. The third kappa shape index (κ3) is 5.05. The standard InChI is InChI=1S/C12H22N2OS/c1-10-14-11(9-16-10)5-7-13-8-6-12(2,3)15-4/h9,13H,5-8H2,1-4H3. The lowest BCUT2D eigenvalue weighted by atomic mass is 10.1. The largest absolute Gasteiger partial charge is 0.379 e. The van der Waals surface area contributed by atoms with E-state index in [0.717, 1.165) is 30.9 Å². The molecule has 0 saturated heterocycles. The zero-order valence-corrected chi connectivity index (χ0v) is 11.5. The Labute approximate surface area is 102 Å². The van der Waals surface area contributed by atoms with Crippen molar-refractivity contribution in [3.05, 3.63) is 16.1 Å². The van der Waals surface area contributed by atoms with E-state index in [-0.39, 0.29) is 5.60 Å². The van der Waals surface area contributed by atoms with Gasteiger partial charge in [0.2, 0.25) is 0 Å². The highest BCUT2D eigenvalue weighted by Crippen LogP contribution is 2.11. The van der Waals surface area contributed by atoms with E-state index in [4.69, 9.17) is 4.74 Å². The molecule has 0 aliphatic rings. The molecule has 3 nitrogen and oxygen atoms in total. The van der Waals surface area contributed by atoms with Crippen LogP contribution < -0.4 is 5.32 Å². The van der Waals surface area contributed by atoms with Crippen LogP contribution in [0.2, 0.25) is 0 Å². The van der Waals surface area contributed by atoms with Gasteiger partial charge in [-0.2, -0.15) is 0 Å². The van der Waals surface area contributed by atoms with Crippen LogP contribution in [0.5, 0.6) is 0 Å². The average Bonchev–Trinajstić information content (AvgIpc) is 2.64. The first-order valence-corrected chi connectivity index (χ1v) is 6.58. The van der Waals surface area contributed by atoms with E-state index in [1.165, 1.54) is 5.69 Å². The van der Waals surface area contributed by atoms with Crippen LogP contribution in [0.15, 0.2) is 5.38 Å². The minimum atomic E-state index is -0.0236. The van der Waals surface area contributed by atoms with E-state index >= 15 is 0 Å². The Morgan fingerprint density at radius 2 is 2.19 bits per heavy atom. The van der Waals surface area contributed by atoms with E-state index in [1.807, 2.05) is 6.92 Å². The van der Waals surface area contributed by atoms with Gasteiger partial charge in [0.05, 0.1) is 16.3 Å². The van der Waals surface area contributed by atoms with Gasteiger partial charge in [-0.05, 0) is 33.7 Å². The molecule has 16 heavy (non-hydrogen) atoms. The summed E-state index contributed by atoms with van der Waals surface area (Å²) in [5, 5.41) is 6.70. The highest BCUT2D eigenvalue weighted by Gasteiger charge is 2.14. The third-order valence-corrected chi connectivity index (χ3v) is 3.50. The molecule has 0 amide bonds. The molecule has 0 atom stereocenters. The maximum absolute atomic E-state index is 5.36. The first-order valence-electron chi connectivity index (χ1n) is 5.70. The fourth-order valence-electron chi connectivity index (χ4n) is 1.36. The van der Waals surface area contributed by atoms with Crippen LogP contribution in [-0.4, -0.2) is 30.8 Å². The second kappa shape index (κ2) is 6.33. The summed E-state index contributed by atoms with van der Waals surface area (Å²) in [6.45, 7) is 8.24. The summed E-state index contributed by atoms with van der Waals surface area (Å²) in [6.07, 6.45) is 2.04. The Balaban J connectivity index is 2.08. The molecule has 1 aromatic rings. The molecule has 1 heterocycles. The number of aromatic nitrogens is 1. The smallest absolute Gasteiger partial charge is 0.0897 e. The van der Waals surface area contributed by atoms with Crippen molar-refractivity contribution in [1.82, 2.24) is 10.3 Å². The lowest BCUT2D eigenvalue weighted by Gasteiger charge is -2.22. The molecule has 0 aliphatic heterocycles. The Bertz CT molecular complexity index is 310. The summed E-state index contributed by atoms with van der Waals surface area (Å²) in [4.78, 5) is 4.43. The molecule has 0 aromatic carbocycles. The number of thiazole rings is 1. The van der Waals surface area contributed by atoms with Gasteiger partial charge in [-0.25, -0.2) is 4.98 Å². The molecule has 0 radical (unpaired) electrons. The Kier molecular flexibility index (Phi) is 5.38. The molecule has 1 N–H and O–H groups in total. The van der Waals surface area contributed by atoms with Crippen molar-refractivity contribution in [2.75, 3.05) is 20.2 Å². The zero-order chi connectivity index (χ0) is 12.0. The molecule has 0 fully saturated rings. The fourth-order valence-corrected chi connectivity index (χ4v) is 2.00. The lowest BCUT2D eigenvalue weighted by molar-refractivity contribution is 0.0159. The summed E-state index contributed by atoms with van der Waals surface area (Å²) in [6, 6.07) is 0. The predicted molar refractivity (Wildman–Crippen MR) is 69.1 cm³/mol. The van der Waals surface area contributed by atoms with Gasteiger partial charge in [-0.3, -0.25) is 0 Å². The number of aryl methyl sites for hydroxylation is 1. The van der Waals surface area contributed by atoms with Gasteiger partial charge in [0.1, 0.15) is 0 Å². The van der Waals surface area contributed by atoms with Crippen LogP contribution in [0.4, 0.5) is 0 Å². The molecule has 1 rings (SSSR count). The number of nitrogens with one attached hydrogen (secondary N) is 1. The van der Waals surface area contributed by atoms with Crippen LogP contribution in [0.25, 0.3) is 0 Å². The zero-order valence-electron chi connectivity index (χ0n) is 10.7. The molecule has 1 aromatic heterocycles. The van der Waals surface area contributed by atoms with Crippen molar-refractivity contribution in [3.8, 4) is 0 Å². The number of rotatable bonds is 7. The number of methoxy groups -OCH3 is 1. The number of hydrogen-bond donors (Lipinski definition) is 1. The number of hydrogen-bond acceptors (Lipinski definition) is 4. The molecule has 0 saturated carbocycles. The molecule has 0 unspecified atom stereocenters. The van der Waals surface area contributed by atoms with Crippen LogP contribution in [0.1, 0.15) is 31.0 Å². The van der Waals surface area contributed by atoms with Crippen LogP contribution in [-0.2, 0) is 11.2 Å². The van der Waals surface area contributed by atoms with Crippen LogP contribution in [0, 0.1) is 6.92 Å². The third-order valence-electron chi connectivity index (χ3n) is 2.68. The lowest BCUT2D eigenvalue weighted by Crippen LogP contribution is -2.29. The van der Waals surface area contributed by atoms with Gasteiger partial charge >= 0.3 is 0 Å². The van der Waals surface area contributed by atoms with Crippen molar-refractivity contribution in [2.45, 2.75) is 39.2 Å². The first-order chi connectivity index (χ1) is 7.53. The SMILES string of the molecule is COC(C)(C)CCNCCc1csc(C)n1. The molecule has 0 spiro atoms. The number of nitrogens with zero attached hydrogens (tertiary/aromatic N) is 1. The minimum absolute atomic E-state index is 0.0236. The molecule has 92 valence electrons. The van der Waals surface area contributed by atoms with Gasteiger partial charge in [-0.1, -0.05) is 0 Å². The van der Waals surface area contributed by atoms with Gasteiger partial charge in [-0.15, -0.1) is 11.3 Å². The summed E-state index contributed by atoms with van der Waals surface area (Å²) in [5.41, 5.74) is 1.17. The molecule has 0 aliphatic carbocycles. The second-order valence-electron chi connectivity index (χ2n) is 4.57. The van der Waals surface area contributed by atoms with E-state index < -0.39 is 0 Å². The second-order valence-corrected chi connectivity index (χ2v) is 5.63. The van der Waals surface area contributed by atoms with Crippen LogP contribution in [0.3, 0.4) is 0 Å². The van der Waals surface area contributed by atoms with Gasteiger partial charge in [0, 0.05) is 25.5 Å². The predicted octanol–water partition coefficient (Wildman–Crippen LogP) is 2.40. The topological polar surface area (TPSA) is 34.1 Å². The maximum Gasteiger partial charge on any atom is 0.0897 e. The van der Waals surface area contributed by atoms with E-state index in [2.05, 4.69) is 29.5 Å². The van der Waals surface area contributed by atoms with Crippen molar-refractivity contribution >= 4 is 11.3 Å². The van der Waals surface area contributed by atoms with Gasteiger partial charge < -0.3 is 10.1 Å². The Morgan fingerprint density at radius 1 is 1.44 bits per heavy atom. The molecular weight excluding hydrogens is 220 g/mol. The summed E-state index contributed by atoms with van der Waals surface area (Å²) in [5.74, 6) is 0. The molecule has 0 bridgehead atoms. The van der Waals surface area contributed by atoms with Gasteiger partial charge in [0.25, 0.3) is 0 Å². The Morgan fingerprint density at radius 3 is 2.75 bits per heavy atom. The van der Waals surface area contributed by atoms with E-state index in [9.17, 15) is 0 Å². The van der Waals surface area contributed by atoms with E-state index in [0.29, 0.717) is 0 Å². The quantitative estimate of drug-likeness (QED) is 0.746. The number of ether oxygens (including phenoxy) is 1. The normalized spacial score (nSPS) is 12.0. The van der Waals surface area contributed by atoms with Gasteiger partial charge in [0.15, 0.2) is 0 Å². The maximum atomic E-state index is 5.36. The van der Waals surface area contributed by atoms with E-state index in [1.54, 1.807) is 18.4 Å². The highest BCUT2D eigenvalue weighted by atomic mass is 32.1. The van der Waals surface area contributed by atoms with Crippen molar-refractivity contribution < 1.29 is 4.74 Å². The summed E-state index contributed by atoms with van der Waals surface area (Å²) < 4.78 is 5.36. The Hall–Kier alpha value is -0.450. The fraction of sp³-hybridized carbons (Fsp3) is 0.750.